The fourth-order valence-corrected chi connectivity index (χ4v) is 0.204. The van der Waals surface area contributed by atoms with Gasteiger partial charge in [0.25, 0.3) is 0 Å². The van der Waals surface area contributed by atoms with Crippen molar-refractivity contribution in [1.29, 1.82) is 0 Å². The van der Waals surface area contributed by atoms with E-state index in [-0.39, 0.29) is 59.1 Å². The number of carboxylic acid groups (broad SMARTS) is 2. The molecular weight excluding hydrogens is 230 g/mol. The molecule has 0 radical (unpaired) electrons. The fourth-order valence-electron chi connectivity index (χ4n) is 0.204. The molecule has 66 valence electrons. The Morgan fingerprint density at radius 1 is 1.00 bits per heavy atom. The maximum Gasteiger partial charge on any atom is 1.00 e. The second-order valence-electron chi connectivity index (χ2n) is 1.65. The van der Waals surface area contributed by atoms with Gasteiger partial charge in [-0.05, 0) is 12.8 Å². The van der Waals surface area contributed by atoms with Gasteiger partial charge in [-0.2, -0.15) is 0 Å². The van der Waals surface area contributed by atoms with Crippen LogP contribution in [0.2, 0.25) is 0 Å². The Morgan fingerprint density at radius 2 is 1.15 bits per heavy atom. The molecule has 0 heterocycles. The maximum absolute atomic E-state index is 9.50. The molecule has 0 unspecified atom stereocenters. The minimum absolute atomic E-state index is 0. The molecule has 5 nitrogen and oxygen atoms in total. The van der Waals surface area contributed by atoms with Crippen LogP contribution in [0.4, 0.5) is 0 Å². The first-order valence-electron chi connectivity index (χ1n) is 2.84. The normalized spacial score (nSPS) is 7.08. The van der Waals surface area contributed by atoms with Crippen LogP contribution in [0.15, 0.2) is 0 Å². The van der Waals surface area contributed by atoms with E-state index in [1.807, 2.05) is 0 Å². The minimum atomic E-state index is -1.37. The van der Waals surface area contributed by atoms with E-state index in [1.165, 1.54) is 0 Å². The third-order valence-electron chi connectivity index (χ3n) is 0.533. The van der Waals surface area contributed by atoms with Crippen molar-refractivity contribution in [2.24, 2.45) is 0 Å². The molecule has 0 aliphatic rings. The summed E-state index contributed by atoms with van der Waals surface area (Å²) in [4.78, 5) is 19.0. The molecule has 0 amide bonds. The van der Waals surface area contributed by atoms with Gasteiger partial charge in [-0.3, -0.25) is 0 Å². The van der Waals surface area contributed by atoms with Crippen LogP contribution in [0.1, 0.15) is 12.8 Å². The Bertz CT molecular complexity index is 120. The summed E-state index contributed by atoms with van der Waals surface area (Å²) >= 11 is 0. The summed E-state index contributed by atoms with van der Waals surface area (Å²) in [7, 11) is 1.86. The number of hydrogen-bond acceptors (Lipinski definition) is 5. The maximum atomic E-state index is 9.50. The summed E-state index contributed by atoms with van der Waals surface area (Å²) in [6, 6.07) is 0. The van der Waals surface area contributed by atoms with E-state index in [0.29, 0.717) is 0 Å². The van der Waals surface area contributed by atoms with Crippen molar-refractivity contribution in [3.05, 3.63) is 0 Å². The predicted octanol–water partition coefficient (Wildman–Crippen LogP) is -11.2. The van der Waals surface area contributed by atoms with Crippen LogP contribution in [0, 0.1) is 0 Å². The molecule has 0 aromatic carbocycles. The zero-order valence-electron chi connectivity index (χ0n) is 8.46. The summed E-state index contributed by atoms with van der Waals surface area (Å²) in [6.45, 7) is 0. The number of hydrogen-bond donors (Lipinski definition) is 0. The van der Waals surface area contributed by atoms with Crippen molar-refractivity contribution >= 4 is 32.9 Å². The quantitative estimate of drug-likeness (QED) is 0.457. The van der Waals surface area contributed by atoms with E-state index < -0.39 is 24.8 Å². The van der Waals surface area contributed by atoms with E-state index in [2.05, 4.69) is 4.12 Å². The summed E-state index contributed by atoms with van der Waals surface area (Å²) in [6.07, 6.45) is -0.940. The average molecular weight is 240 g/mol. The van der Waals surface area contributed by atoms with Crippen LogP contribution in [0.3, 0.4) is 0 Å². The minimum Gasteiger partial charge on any atom is -0.550 e. The Hall–Kier alpha value is 1.33. The molecule has 9 heteroatoms. The van der Waals surface area contributed by atoms with Crippen molar-refractivity contribution < 1.29 is 83.0 Å². The Balaban J connectivity index is -0.0000000720. The van der Waals surface area contributed by atoms with Crippen LogP contribution in [0.5, 0.6) is 0 Å². The van der Waals surface area contributed by atoms with Crippen LogP contribution < -0.4 is 69.3 Å². The molecule has 0 N–H and O–H groups in total. The number of aliphatic carboxylic acids is 2. The van der Waals surface area contributed by atoms with Gasteiger partial charge in [0.15, 0.2) is 0 Å². The number of carbonyl (C=O) groups is 2. The molecule has 0 fully saturated rings. The Morgan fingerprint density at radius 3 is 1.23 bits per heavy atom. The first kappa shape index (κ1) is 23.9. The number of carboxylic acids is 2. The van der Waals surface area contributed by atoms with Crippen LogP contribution >= 0.6 is 0 Å². The van der Waals surface area contributed by atoms with Crippen LogP contribution in [-0.2, 0) is 13.7 Å². The monoisotopic (exact) mass is 240 g/mol. The van der Waals surface area contributed by atoms with Crippen molar-refractivity contribution in [1.82, 2.24) is 0 Å². The summed E-state index contributed by atoms with van der Waals surface area (Å²) in [5.74, 6) is -2.73. The van der Waals surface area contributed by atoms with Gasteiger partial charge in [-0.25, -0.2) is 0 Å². The van der Waals surface area contributed by atoms with Crippen LogP contribution in [-0.4, -0.2) is 32.9 Å². The summed E-state index contributed by atoms with van der Waals surface area (Å²) in [5.41, 5.74) is 0. The summed E-state index contributed by atoms with van der Waals surface area (Å²) in [5, 5.41) is 19.0. The molecule has 0 aliphatic heterocycles. The zero-order valence-corrected chi connectivity index (χ0v) is 16.5. The molecule has 0 bridgehead atoms. The van der Waals surface area contributed by atoms with Gasteiger partial charge in [0, 0.05) is 11.9 Å². The Labute approximate surface area is 127 Å². The molecule has 0 rings (SSSR count). The van der Waals surface area contributed by atoms with Crippen molar-refractivity contribution in [3.8, 4) is 0 Å². The van der Waals surface area contributed by atoms with Gasteiger partial charge in [0.1, 0.15) is 21.0 Å². The van der Waals surface area contributed by atoms with Crippen molar-refractivity contribution in [3.63, 3.8) is 0 Å². The molecule has 0 aromatic heterocycles. The van der Waals surface area contributed by atoms with E-state index in [9.17, 15) is 19.8 Å². The van der Waals surface area contributed by atoms with Gasteiger partial charge >= 0.3 is 59.1 Å². The second-order valence-corrected chi connectivity index (χ2v) is 4.92. The third kappa shape index (κ3) is 42.7. The van der Waals surface area contributed by atoms with Gasteiger partial charge in [0.2, 0.25) is 0 Å². The van der Waals surface area contributed by atoms with E-state index in [0.717, 1.165) is 21.0 Å². The molecule has 13 heavy (non-hydrogen) atoms. The first-order valence-corrected chi connectivity index (χ1v) is 4.47. The SMILES string of the molecule is O=C([O-])CCC(=O)[O-].[Na+].[Na+].[SiH3]O[SiH3]. The van der Waals surface area contributed by atoms with E-state index in [4.69, 9.17) is 0 Å². The fraction of sp³-hybridized carbons (Fsp3) is 0.500. The van der Waals surface area contributed by atoms with Gasteiger partial charge < -0.3 is 23.9 Å². The predicted molar refractivity (Wildman–Crippen MR) is 40.2 cm³/mol. The van der Waals surface area contributed by atoms with Gasteiger partial charge in [-0.15, -0.1) is 0 Å². The molecular formula is C4H10Na2O5Si2. The van der Waals surface area contributed by atoms with E-state index in [1.54, 1.807) is 0 Å². The second kappa shape index (κ2) is 19.0. The molecule has 0 atom stereocenters. The average Bonchev–Trinajstić information content (AvgIpc) is 1.85. The Kier molecular flexibility index (Phi) is 34.9. The molecule has 0 saturated carbocycles. The van der Waals surface area contributed by atoms with Crippen molar-refractivity contribution in [2.75, 3.05) is 0 Å². The first-order chi connectivity index (χ1) is 5.04. The van der Waals surface area contributed by atoms with Crippen LogP contribution in [0.25, 0.3) is 0 Å². The molecule has 0 spiro atoms. The van der Waals surface area contributed by atoms with E-state index >= 15 is 0 Å². The van der Waals surface area contributed by atoms with Crippen molar-refractivity contribution in [2.45, 2.75) is 12.8 Å². The van der Waals surface area contributed by atoms with Gasteiger partial charge in [-0.1, -0.05) is 0 Å². The topological polar surface area (TPSA) is 89.5 Å². The summed E-state index contributed by atoms with van der Waals surface area (Å²) < 4.78 is 4.53. The molecule has 0 aromatic rings. The molecule has 0 saturated heterocycles. The van der Waals surface area contributed by atoms with Gasteiger partial charge in [0.05, 0.1) is 0 Å². The zero-order chi connectivity index (χ0) is 9.28. The number of carbonyl (C=O) groups excluding carboxylic acids is 2. The third-order valence-corrected chi connectivity index (χ3v) is 0.533. The smallest absolute Gasteiger partial charge is 0.550 e. The number of rotatable bonds is 3. The largest absolute Gasteiger partial charge is 1.00 e. The molecule has 0 aliphatic carbocycles. The standard InChI is InChI=1S/C4H6O4.2Na.H6OSi2/c5-3(6)1-2-4(7)8;;;2-1-3/h1-2H2,(H,5,6)(H,7,8);;;2-3H3/q;2*+1;/p-2.